The lowest BCUT2D eigenvalue weighted by atomic mass is 10.00. The molecule has 1 radical (unpaired) electrons. The number of para-hydroxylation sites is 1. The van der Waals surface area contributed by atoms with E-state index in [1.54, 1.807) is 6.07 Å². The molecule has 1 aromatic carbocycles. The Hall–Kier alpha value is -1.65. The van der Waals surface area contributed by atoms with Crippen LogP contribution in [-0.2, 0) is 0 Å². The van der Waals surface area contributed by atoms with Gasteiger partial charge in [-0.05, 0) is 12.5 Å². The molecule has 0 saturated carbocycles. The molecular weight excluding hydrogens is 225 g/mol. The zero-order chi connectivity index (χ0) is 12.8. The van der Waals surface area contributed by atoms with Gasteiger partial charge in [0.25, 0.3) is 0 Å². The second-order valence-corrected chi connectivity index (χ2v) is 3.67. The van der Waals surface area contributed by atoms with Gasteiger partial charge in [0.1, 0.15) is 0 Å². The van der Waals surface area contributed by atoms with E-state index < -0.39 is 11.6 Å². The molecule has 0 fully saturated rings. The SMILES string of the molecule is CCCOc1cccc([C](C)CF)c1[N+](=O)[O-]. The predicted molar refractivity (Wildman–Crippen MR) is 62.9 cm³/mol. The fourth-order valence-electron chi connectivity index (χ4n) is 1.46. The van der Waals surface area contributed by atoms with E-state index in [1.165, 1.54) is 19.1 Å². The van der Waals surface area contributed by atoms with E-state index in [2.05, 4.69) is 0 Å². The van der Waals surface area contributed by atoms with E-state index in [4.69, 9.17) is 4.74 Å². The Morgan fingerprint density at radius 2 is 2.24 bits per heavy atom. The summed E-state index contributed by atoms with van der Waals surface area (Å²) in [6.45, 7) is 3.14. The zero-order valence-electron chi connectivity index (χ0n) is 9.90. The second kappa shape index (κ2) is 6.18. The number of benzene rings is 1. The van der Waals surface area contributed by atoms with Gasteiger partial charge in [0, 0.05) is 11.5 Å². The minimum atomic E-state index is -0.710. The topological polar surface area (TPSA) is 52.4 Å². The molecule has 0 amide bonds. The summed E-state index contributed by atoms with van der Waals surface area (Å²) in [6, 6.07) is 4.70. The number of hydrogen-bond acceptors (Lipinski definition) is 3. The van der Waals surface area contributed by atoms with Gasteiger partial charge in [-0.1, -0.05) is 26.0 Å². The Balaban J connectivity index is 3.17. The van der Waals surface area contributed by atoms with E-state index in [9.17, 15) is 14.5 Å². The second-order valence-electron chi connectivity index (χ2n) is 3.67. The molecule has 0 saturated heterocycles. The van der Waals surface area contributed by atoms with Gasteiger partial charge in [-0.15, -0.1) is 0 Å². The van der Waals surface area contributed by atoms with Crippen molar-refractivity contribution in [2.24, 2.45) is 0 Å². The van der Waals surface area contributed by atoms with Crippen LogP contribution in [0.15, 0.2) is 18.2 Å². The Bertz CT molecular complexity index is 395. The molecule has 0 aliphatic carbocycles. The van der Waals surface area contributed by atoms with Gasteiger partial charge in [0.15, 0.2) is 5.75 Å². The van der Waals surface area contributed by atoms with Gasteiger partial charge in [-0.3, -0.25) is 14.5 Å². The predicted octanol–water partition coefficient (Wildman–Crippen LogP) is 3.30. The molecule has 1 rings (SSSR count). The molecular formula is C12H15FNO3. The summed E-state index contributed by atoms with van der Waals surface area (Å²) in [6.07, 6.45) is 0.757. The van der Waals surface area contributed by atoms with Crippen LogP contribution in [0.3, 0.4) is 0 Å². The summed E-state index contributed by atoms with van der Waals surface area (Å²) in [5.74, 6) is 0.529. The maximum absolute atomic E-state index is 12.6. The number of rotatable bonds is 6. The first-order chi connectivity index (χ1) is 8.11. The van der Waals surface area contributed by atoms with E-state index in [0.717, 1.165) is 6.42 Å². The van der Waals surface area contributed by atoms with Crippen molar-refractivity contribution in [1.29, 1.82) is 0 Å². The van der Waals surface area contributed by atoms with Crippen molar-refractivity contribution >= 4 is 5.69 Å². The van der Waals surface area contributed by atoms with Crippen LogP contribution < -0.4 is 4.74 Å². The Morgan fingerprint density at radius 3 is 2.76 bits per heavy atom. The zero-order valence-corrected chi connectivity index (χ0v) is 9.90. The average molecular weight is 240 g/mol. The van der Waals surface area contributed by atoms with Crippen LogP contribution in [0.4, 0.5) is 10.1 Å². The van der Waals surface area contributed by atoms with Crippen molar-refractivity contribution in [2.75, 3.05) is 13.3 Å². The summed E-state index contributed by atoms with van der Waals surface area (Å²) in [5, 5.41) is 11.0. The molecule has 0 atom stereocenters. The number of halogens is 1. The normalized spacial score (nSPS) is 10.6. The molecule has 0 heterocycles. The van der Waals surface area contributed by atoms with E-state index in [-0.39, 0.29) is 11.4 Å². The van der Waals surface area contributed by atoms with E-state index >= 15 is 0 Å². The van der Waals surface area contributed by atoms with Crippen LogP contribution in [0.5, 0.6) is 5.75 Å². The first-order valence-corrected chi connectivity index (χ1v) is 5.40. The van der Waals surface area contributed by atoms with Gasteiger partial charge in [-0.25, -0.2) is 0 Å². The van der Waals surface area contributed by atoms with Crippen LogP contribution in [-0.4, -0.2) is 18.2 Å². The van der Waals surface area contributed by atoms with E-state index in [1.807, 2.05) is 6.92 Å². The van der Waals surface area contributed by atoms with Crippen molar-refractivity contribution in [3.63, 3.8) is 0 Å². The van der Waals surface area contributed by atoms with Crippen molar-refractivity contribution in [1.82, 2.24) is 0 Å². The summed E-state index contributed by atoms with van der Waals surface area (Å²) < 4.78 is 17.9. The van der Waals surface area contributed by atoms with E-state index in [0.29, 0.717) is 18.1 Å². The maximum Gasteiger partial charge on any atom is 0.314 e. The average Bonchev–Trinajstić information content (AvgIpc) is 2.34. The molecule has 0 bridgehead atoms. The molecule has 0 N–H and O–H groups in total. The summed E-state index contributed by atoms with van der Waals surface area (Å²) >= 11 is 0. The number of ether oxygens (including phenoxy) is 1. The lowest BCUT2D eigenvalue weighted by molar-refractivity contribution is -0.386. The number of hydrogen-bond donors (Lipinski definition) is 0. The molecule has 1 aromatic rings. The maximum atomic E-state index is 12.6. The lowest BCUT2D eigenvalue weighted by Gasteiger charge is -2.11. The molecule has 0 aromatic heterocycles. The first kappa shape index (κ1) is 13.4. The highest BCUT2D eigenvalue weighted by atomic mass is 19.1. The molecule has 0 aliphatic heterocycles. The monoisotopic (exact) mass is 240 g/mol. The molecule has 0 unspecified atom stereocenters. The number of alkyl halides is 1. The molecule has 4 nitrogen and oxygen atoms in total. The lowest BCUT2D eigenvalue weighted by Crippen LogP contribution is -2.05. The number of nitro benzene ring substituents is 1. The molecule has 0 aliphatic rings. The minimum absolute atomic E-state index is 0.156. The molecule has 93 valence electrons. The summed E-state index contributed by atoms with van der Waals surface area (Å²) in [7, 11) is 0. The summed E-state index contributed by atoms with van der Waals surface area (Å²) in [4.78, 5) is 10.5. The fraction of sp³-hybridized carbons (Fsp3) is 0.417. The van der Waals surface area contributed by atoms with Crippen LogP contribution >= 0.6 is 0 Å². The fourth-order valence-corrected chi connectivity index (χ4v) is 1.46. The molecule has 0 spiro atoms. The third-order valence-electron chi connectivity index (χ3n) is 2.30. The Morgan fingerprint density at radius 1 is 1.53 bits per heavy atom. The highest BCUT2D eigenvalue weighted by Crippen LogP contribution is 2.35. The smallest absolute Gasteiger partial charge is 0.314 e. The molecule has 5 heteroatoms. The van der Waals surface area contributed by atoms with Gasteiger partial charge in [-0.2, -0.15) is 0 Å². The van der Waals surface area contributed by atoms with Gasteiger partial charge in [0.05, 0.1) is 18.2 Å². The largest absolute Gasteiger partial charge is 0.487 e. The van der Waals surface area contributed by atoms with Crippen molar-refractivity contribution in [3.8, 4) is 5.75 Å². The standard InChI is InChI=1S/C12H15FNO3/c1-3-7-17-11-6-4-5-10(9(2)8-13)12(11)14(15)16/h4-6H,3,7-8H2,1-2H3. The highest BCUT2D eigenvalue weighted by Gasteiger charge is 2.24. The number of nitrogens with zero attached hydrogens (tertiary/aromatic N) is 1. The van der Waals surface area contributed by atoms with Gasteiger partial charge in [0.2, 0.25) is 0 Å². The van der Waals surface area contributed by atoms with Crippen molar-refractivity contribution in [2.45, 2.75) is 20.3 Å². The van der Waals surface area contributed by atoms with Crippen LogP contribution in [0.25, 0.3) is 0 Å². The minimum Gasteiger partial charge on any atom is -0.487 e. The quantitative estimate of drug-likeness (QED) is 0.566. The Labute approximate surface area is 99.6 Å². The van der Waals surface area contributed by atoms with Gasteiger partial charge < -0.3 is 4.74 Å². The first-order valence-electron chi connectivity index (χ1n) is 5.40. The van der Waals surface area contributed by atoms with Crippen molar-refractivity contribution in [3.05, 3.63) is 39.8 Å². The highest BCUT2D eigenvalue weighted by molar-refractivity contribution is 5.57. The third-order valence-corrected chi connectivity index (χ3v) is 2.30. The number of nitro groups is 1. The summed E-state index contributed by atoms with van der Waals surface area (Å²) in [5.41, 5.74) is 0.141. The van der Waals surface area contributed by atoms with Gasteiger partial charge >= 0.3 is 5.69 Å². The van der Waals surface area contributed by atoms with Crippen LogP contribution in [0.1, 0.15) is 25.8 Å². The van der Waals surface area contributed by atoms with Crippen LogP contribution in [0, 0.1) is 16.0 Å². The van der Waals surface area contributed by atoms with Crippen molar-refractivity contribution < 1.29 is 14.1 Å². The molecule has 17 heavy (non-hydrogen) atoms. The van der Waals surface area contributed by atoms with Crippen LogP contribution in [0.2, 0.25) is 0 Å². The third kappa shape index (κ3) is 3.15. The Kier molecular flexibility index (Phi) is 4.87.